The minimum atomic E-state index is -3.35. The smallest absolute Gasteiger partial charge is 0.248 e. The molecule has 0 radical (unpaired) electrons. The molecule has 2 saturated heterocycles. The Morgan fingerprint density at radius 2 is 1.71 bits per heavy atom. The number of amides is 2. The van der Waals surface area contributed by atoms with Gasteiger partial charge in [0.05, 0.1) is 23.7 Å². The number of aryl methyl sites for hydroxylation is 1. The van der Waals surface area contributed by atoms with Crippen LogP contribution < -0.4 is 10.0 Å². The molecule has 2 amide bonds. The Morgan fingerprint density at radius 1 is 1.12 bits per heavy atom. The lowest BCUT2D eigenvalue weighted by Gasteiger charge is -2.52. The number of piperidine rings is 1. The van der Waals surface area contributed by atoms with Gasteiger partial charge in [-0.2, -0.15) is 5.10 Å². The van der Waals surface area contributed by atoms with E-state index in [1.807, 2.05) is 51.4 Å². The summed E-state index contributed by atoms with van der Waals surface area (Å²) < 4.78 is 27.3. The van der Waals surface area contributed by atoms with Crippen molar-refractivity contribution < 1.29 is 23.1 Å². The Hall–Kier alpha value is -2.38. The molecule has 4 rings (SSSR count). The minimum Gasteiger partial charge on any atom is -0.390 e. The number of nitrogens with zero attached hydrogens (tertiary/aromatic N) is 4. The van der Waals surface area contributed by atoms with Gasteiger partial charge < -0.3 is 15.3 Å². The van der Waals surface area contributed by atoms with Crippen LogP contribution in [0.2, 0.25) is 0 Å². The topological polar surface area (TPSA) is 137 Å². The molecule has 2 aliphatic rings. The second kappa shape index (κ2) is 13.3. The molecular formula is C27H42Cl2N6O5S. The molecule has 0 bridgehead atoms. The number of piperazine rings is 1. The fraction of sp³-hybridized carbons (Fsp3) is 0.593. The average molecular weight is 634 g/mol. The van der Waals surface area contributed by atoms with Gasteiger partial charge in [0.15, 0.2) is 0 Å². The predicted molar refractivity (Wildman–Crippen MR) is 163 cm³/mol. The molecule has 2 fully saturated rings. The van der Waals surface area contributed by atoms with Gasteiger partial charge in [-0.15, -0.1) is 24.8 Å². The van der Waals surface area contributed by atoms with Crippen LogP contribution in [0.15, 0.2) is 24.3 Å². The van der Waals surface area contributed by atoms with Gasteiger partial charge in [0.25, 0.3) is 0 Å². The zero-order chi connectivity index (χ0) is 28.7. The fourth-order valence-corrected chi connectivity index (χ4v) is 6.32. The molecular weight excluding hydrogens is 591 g/mol. The first kappa shape index (κ1) is 34.8. The van der Waals surface area contributed by atoms with Crippen molar-refractivity contribution in [3.05, 3.63) is 41.2 Å². The Kier molecular flexibility index (Phi) is 11.3. The van der Waals surface area contributed by atoms with Crippen LogP contribution in [0, 0.1) is 19.8 Å². The first-order valence-corrected chi connectivity index (χ1v) is 15.3. The molecule has 230 valence electrons. The second-order valence-electron chi connectivity index (χ2n) is 11.1. The van der Waals surface area contributed by atoms with E-state index < -0.39 is 27.7 Å². The van der Waals surface area contributed by atoms with E-state index in [-0.39, 0.29) is 42.5 Å². The number of carbonyl (C=O) groups is 2. The lowest BCUT2D eigenvalue weighted by Crippen LogP contribution is -2.74. The molecule has 1 aromatic heterocycles. The number of likely N-dealkylation sites (tertiary alicyclic amines) is 1. The Balaban J connectivity index is 0.00000294. The monoisotopic (exact) mass is 632 g/mol. The standard InChI is InChI=1S/C27H40N6O5S.2ClH/c1-7-32-25(35)23(24(34)17(2)3)28-26(36)27(32)12-14-31(15-13-27)16-22-18(4)29-33(19(22)5)21-10-8-20(9-11-21)30-39(6,37)38;;/h8-11,17,23-24,30,34H,7,12-16H2,1-6H3,(H,28,36);2*1H/t23-,24-;;/m1../s1. The number of carbonyl (C=O) groups excluding carboxylic acids is 2. The van der Waals surface area contributed by atoms with Crippen molar-refractivity contribution in [3.8, 4) is 5.69 Å². The molecule has 41 heavy (non-hydrogen) atoms. The van der Waals surface area contributed by atoms with Crippen LogP contribution in [0.5, 0.6) is 0 Å². The van der Waals surface area contributed by atoms with Gasteiger partial charge >= 0.3 is 0 Å². The summed E-state index contributed by atoms with van der Waals surface area (Å²) in [5.74, 6) is -0.539. The molecule has 3 N–H and O–H groups in total. The van der Waals surface area contributed by atoms with Gasteiger partial charge in [-0.1, -0.05) is 13.8 Å². The Labute approximate surface area is 254 Å². The number of hydrogen-bond donors (Lipinski definition) is 3. The summed E-state index contributed by atoms with van der Waals surface area (Å²) in [6.07, 6.45) is 1.22. The highest BCUT2D eigenvalue weighted by Crippen LogP contribution is 2.35. The molecule has 0 saturated carbocycles. The van der Waals surface area contributed by atoms with Gasteiger partial charge in [-0.25, -0.2) is 13.1 Å². The van der Waals surface area contributed by atoms with Crippen molar-refractivity contribution in [1.29, 1.82) is 0 Å². The third kappa shape index (κ3) is 6.99. The summed E-state index contributed by atoms with van der Waals surface area (Å²) >= 11 is 0. The molecule has 0 aliphatic carbocycles. The summed E-state index contributed by atoms with van der Waals surface area (Å²) in [5.41, 5.74) is 3.40. The number of sulfonamides is 1. The van der Waals surface area contributed by atoms with Crippen molar-refractivity contribution in [3.63, 3.8) is 0 Å². The second-order valence-corrected chi connectivity index (χ2v) is 12.8. The lowest BCUT2D eigenvalue weighted by molar-refractivity contribution is -0.165. The number of aliphatic hydroxyl groups is 1. The molecule has 1 spiro atoms. The first-order chi connectivity index (χ1) is 18.3. The van der Waals surface area contributed by atoms with E-state index in [9.17, 15) is 23.1 Å². The van der Waals surface area contributed by atoms with Crippen LogP contribution in [0.4, 0.5) is 5.69 Å². The first-order valence-electron chi connectivity index (χ1n) is 13.4. The van der Waals surface area contributed by atoms with Crippen LogP contribution in [0.3, 0.4) is 0 Å². The van der Waals surface area contributed by atoms with E-state index in [0.29, 0.717) is 44.7 Å². The number of halogens is 2. The van der Waals surface area contributed by atoms with Crippen molar-refractivity contribution >= 4 is 52.3 Å². The highest BCUT2D eigenvalue weighted by molar-refractivity contribution is 7.92. The summed E-state index contributed by atoms with van der Waals surface area (Å²) in [5, 5.41) is 18.1. The van der Waals surface area contributed by atoms with E-state index >= 15 is 0 Å². The highest BCUT2D eigenvalue weighted by Gasteiger charge is 2.54. The lowest BCUT2D eigenvalue weighted by atomic mass is 9.80. The van der Waals surface area contributed by atoms with Gasteiger partial charge in [0.2, 0.25) is 21.8 Å². The van der Waals surface area contributed by atoms with Crippen LogP contribution in [-0.2, 0) is 26.2 Å². The summed E-state index contributed by atoms with van der Waals surface area (Å²) in [6.45, 7) is 11.9. The number of aromatic nitrogens is 2. The van der Waals surface area contributed by atoms with Crippen LogP contribution in [-0.4, -0.2) is 88.5 Å². The number of aliphatic hydroxyl groups excluding tert-OH is 1. The molecule has 11 nitrogen and oxygen atoms in total. The SMILES string of the molecule is CCN1C(=O)[C@@H]([C@H](O)C(C)C)NC(=O)C12CCN(Cc1c(C)nn(-c3ccc(NS(C)(=O)=O)cc3)c1C)CC2.Cl.Cl. The summed E-state index contributed by atoms with van der Waals surface area (Å²) in [4.78, 5) is 30.6. The van der Waals surface area contributed by atoms with Crippen molar-refractivity contribution in [2.75, 3.05) is 30.6 Å². The molecule has 1 aromatic carbocycles. The number of anilines is 1. The third-order valence-electron chi connectivity index (χ3n) is 8.02. The minimum absolute atomic E-state index is 0. The zero-order valence-corrected chi connectivity index (χ0v) is 26.8. The van der Waals surface area contributed by atoms with E-state index in [4.69, 9.17) is 5.10 Å². The van der Waals surface area contributed by atoms with E-state index in [1.165, 1.54) is 0 Å². The Morgan fingerprint density at radius 3 is 2.22 bits per heavy atom. The number of hydrogen-bond acceptors (Lipinski definition) is 7. The highest BCUT2D eigenvalue weighted by atomic mass is 35.5. The molecule has 3 heterocycles. The Bertz CT molecular complexity index is 1340. The van der Waals surface area contributed by atoms with Gasteiger partial charge in [-0.05, 0) is 63.8 Å². The zero-order valence-electron chi connectivity index (χ0n) is 24.4. The molecule has 14 heteroatoms. The maximum atomic E-state index is 13.4. The number of rotatable bonds is 8. The quantitative estimate of drug-likeness (QED) is 0.406. The molecule has 2 aliphatic heterocycles. The van der Waals surface area contributed by atoms with E-state index in [1.54, 1.807) is 17.0 Å². The normalized spacial score (nSPS) is 19.9. The van der Waals surface area contributed by atoms with Gasteiger partial charge in [-0.3, -0.25) is 19.2 Å². The largest absolute Gasteiger partial charge is 0.390 e. The van der Waals surface area contributed by atoms with Crippen molar-refractivity contribution in [1.82, 2.24) is 24.9 Å². The van der Waals surface area contributed by atoms with E-state index in [0.717, 1.165) is 28.9 Å². The van der Waals surface area contributed by atoms with Gasteiger partial charge in [0.1, 0.15) is 11.6 Å². The molecule has 0 unspecified atom stereocenters. The summed E-state index contributed by atoms with van der Waals surface area (Å²) in [6, 6.07) is 6.15. The average Bonchev–Trinajstić information content (AvgIpc) is 3.15. The van der Waals surface area contributed by atoms with Gasteiger partial charge in [0, 0.05) is 43.1 Å². The molecule has 2 atom stereocenters. The maximum Gasteiger partial charge on any atom is 0.248 e. The third-order valence-corrected chi connectivity index (χ3v) is 8.63. The number of likely N-dealkylation sites (N-methyl/N-ethyl adjacent to an activating group) is 1. The van der Waals surface area contributed by atoms with E-state index in [2.05, 4.69) is 14.9 Å². The van der Waals surface area contributed by atoms with Crippen molar-refractivity contribution in [2.45, 2.75) is 71.7 Å². The predicted octanol–water partition coefficient (Wildman–Crippen LogP) is 2.40. The molecule has 2 aromatic rings. The van der Waals surface area contributed by atoms with Crippen LogP contribution in [0.1, 0.15) is 50.6 Å². The summed E-state index contributed by atoms with van der Waals surface area (Å²) in [7, 11) is -3.35. The number of nitrogens with one attached hydrogen (secondary N) is 2. The van der Waals surface area contributed by atoms with Crippen LogP contribution in [0.25, 0.3) is 5.69 Å². The maximum absolute atomic E-state index is 13.4. The fourth-order valence-electron chi connectivity index (χ4n) is 5.76. The number of benzene rings is 1. The van der Waals surface area contributed by atoms with Crippen molar-refractivity contribution in [2.24, 2.45) is 5.92 Å². The van der Waals surface area contributed by atoms with Crippen LogP contribution >= 0.6 is 24.8 Å².